The minimum absolute atomic E-state index is 0.174. The largest absolute Gasteiger partial charge is 0.379 e. The van der Waals surface area contributed by atoms with Crippen molar-refractivity contribution in [2.75, 3.05) is 50.0 Å². The van der Waals surface area contributed by atoms with Gasteiger partial charge in [-0.25, -0.2) is 4.98 Å². The Kier molecular flexibility index (Phi) is 5.70. The normalized spacial score (nSPS) is 15.0. The van der Waals surface area contributed by atoms with Crippen molar-refractivity contribution in [3.8, 4) is 0 Å². The Hall–Kier alpha value is -2.51. The predicted molar refractivity (Wildman–Crippen MR) is 92.2 cm³/mol. The van der Waals surface area contributed by atoms with Crippen LogP contribution in [0.1, 0.15) is 10.4 Å². The molecular formula is C17H21N5O2. The third kappa shape index (κ3) is 4.74. The Morgan fingerprint density at radius 1 is 1.17 bits per heavy atom. The van der Waals surface area contributed by atoms with Crippen molar-refractivity contribution in [1.29, 1.82) is 0 Å². The molecule has 1 aliphatic rings. The summed E-state index contributed by atoms with van der Waals surface area (Å²) in [6.07, 6.45) is 4.83. The van der Waals surface area contributed by atoms with E-state index in [9.17, 15) is 4.79 Å². The highest BCUT2D eigenvalue weighted by Gasteiger charge is 2.09. The van der Waals surface area contributed by atoms with E-state index in [2.05, 4.69) is 25.5 Å². The van der Waals surface area contributed by atoms with Gasteiger partial charge in [-0.2, -0.15) is 0 Å². The molecule has 0 aliphatic carbocycles. The molecule has 2 N–H and O–H groups in total. The minimum Gasteiger partial charge on any atom is -0.379 e. The average Bonchev–Trinajstić information content (AvgIpc) is 2.65. The molecule has 126 valence electrons. The Bertz CT molecular complexity index is 642. The number of nitrogens with one attached hydrogen (secondary N) is 2. The molecule has 7 heteroatoms. The maximum Gasteiger partial charge on any atom is 0.255 e. The Morgan fingerprint density at radius 2 is 1.96 bits per heavy atom. The number of aromatic nitrogens is 2. The van der Waals surface area contributed by atoms with Crippen molar-refractivity contribution in [2.24, 2.45) is 0 Å². The van der Waals surface area contributed by atoms with Crippen molar-refractivity contribution in [3.63, 3.8) is 0 Å². The standard InChI is InChI=1S/C17H21N5O2/c23-17(14-3-5-18-6-4-14)21-15-1-2-16(20-13-15)19-7-8-22-9-11-24-12-10-22/h1-6,13H,7-12H2,(H,19,20)(H,21,23). The van der Waals surface area contributed by atoms with E-state index in [1.54, 1.807) is 30.7 Å². The second kappa shape index (κ2) is 8.37. The zero-order chi connectivity index (χ0) is 16.6. The van der Waals surface area contributed by atoms with Crippen LogP contribution in [0.5, 0.6) is 0 Å². The SMILES string of the molecule is O=C(Nc1ccc(NCCN2CCOCC2)nc1)c1ccncc1. The van der Waals surface area contributed by atoms with Crippen molar-refractivity contribution < 1.29 is 9.53 Å². The second-order valence-corrected chi connectivity index (χ2v) is 5.50. The lowest BCUT2D eigenvalue weighted by Crippen LogP contribution is -2.39. The number of nitrogens with zero attached hydrogens (tertiary/aromatic N) is 3. The summed E-state index contributed by atoms with van der Waals surface area (Å²) in [5.41, 5.74) is 1.23. The summed E-state index contributed by atoms with van der Waals surface area (Å²) in [6, 6.07) is 7.04. The van der Waals surface area contributed by atoms with E-state index < -0.39 is 0 Å². The number of hydrogen-bond donors (Lipinski definition) is 2. The molecule has 1 aliphatic heterocycles. The van der Waals surface area contributed by atoms with Gasteiger partial charge in [0, 0.05) is 44.1 Å². The third-order valence-corrected chi connectivity index (χ3v) is 3.80. The first-order valence-corrected chi connectivity index (χ1v) is 8.03. The van der Waals surface area contributed by atoms with Crippen LogP contribution in [0.4, 0.5) is 11.5 Å². The van der Waals surface area contributed by atoms with Crippen molar-refractivity contribution in [3.05, 3.63) is 48.4 Å². The predicted octanol–water partition coefficient (Wildman–Crippen LogP) is 1.47. The molecule has 0 atom stereocenters. The van der Waals surface area contributed by atoms with Crippen LogP contribution in [0.25, 0.3) is 0 Å². The molecule has 2 aromatic heterocycles. The van der Waals surface area contributed by atoms with Gasteiger partial charge in [0.2, 0.25) is 0 Å². The first-order valence-electron chi connectivity index (χ1n) is 8.03. The van der Waals surface area contributed by atoms with Gasteiger partial charge in [-0.3, -0.25) is 14.7 Å². The summed E-state index contributed by atoms with van der Waals surface area (Å²) in [7, 11) is 0. The van der Waals surface area contributed by atoms with Crippen molar-refractivity contribution >= 4 is 17.4 Å². The lowest BCUT2D eigenvalue weighted by molar-refractivity contribution is 0.0398. The van der Waals surface area contributed by atoms with Gasteiger partial charge in [0.15, 0.2) is 0 Å². The number of ether oxygens (including phenoxy) is 1. The molecule has 3 rings (SSSR count). The Balaban J connectivity index is 1.45. The van der Waals surface area contributed by atoms with Gasteiger partial charge in [-0.1, -0.05) is 0 Å². The number of anilines is 2. The number of morpholine rings is 1. The van der Waals surface area contributed by atoms with E-state index in [0.717, 1.165) is 45.2 Å². The highest BCUT2D eigenvalue weighted by molar-refractivity contribution is 6.04. The lowest BCUT2D eigenvalue weighted by atomic mass is 10.2. The van der Waals surface area contributed by atoms with E-state index in [4.69, 9.17) is 4.74 Å². The molecule has 0 aromatic carbocycles. The summed E-state index contributed by atoms with van der Waals surface area (Å²) in [5.74, 6) is 0.623. The number of amides is 1. The number of hydrogen-bond acceptors (Lipinski definition) is 6. The van der Waals surface area contributed by atoms with E-state index in [1.807, 2.05) is 12.1 Å². The topological polar surface area (TPSA) is 79.4 Å². The summed E-state index contributed by atoms with van der Waals surface area (Å²) < 4.78 is 5.33. The molecule has 0 radical (unpaired) electrons. The number of rotatable bonds is 6. The average molecular weight is 327 g/mol. The molecule has 0 unspecified atom stereocenters. The Morgan fingerprint density at radius 3 is 2.67 bits per heavy atom. The number of carbonyl (C=O) groups is 1. The first-order chi connectivity index (χ1) is 11.8. The second-order valence-electron chi connectivity index (χ2n) is 5.50. The van der Waals surface area contributed by atoms with Crippen LogP contribution in [-0.2, 0) is 4.74 Å². The summed E-state index contributed by atoms with van der Waals surface area (Å²) in [4.78, 5) is 22.6. The van der Waals surface area contributed by atoms with E-state index in [1.165, 1.54) is 0 Å². The number of carbonyl (C=O) groups excluding carboxylic acids is 1. The maximum absolute atomic E-state index is 12.0. The van der Waals surface area contributed by atoms with E-state index >= 15 is 0 Å². The highest BCUT2D eigenvalue weighted by atomic mass is 16.5. The smallest absolute Gasteiger partial charge is 0.255 e. The van der Waals surface area contributed by atoms with Crippen LogP contribution in [0.2, 0.25) is 0 Å². The molecule has 3 heterocycles. The van der Waals surface area contributed by atoms with Crippen LogP contribution in [0.3, 0.4) is 0 Å². The van der Waals surface area contributed by atoms with Gasteiger partial charge in [-0.05, 0) is 24.3 Å². The minimum atomic E-state index is -0.174. The molecule has 0 saturated carbocycles. The molecule has 2 aromatic rings. The highest BCUT2D eigenvalue weighted by Crippen LogP contribution is 2.11. The zero-order valence-electron chi connectivity index (χ0n) is 13.4. The summed E-state index contributed by atoms with van der Waals surface area (Å²) in [6.45, 7) is 5.37. The third-order valence-electron chi connectivity index (χ3n) is 3.80. The van der Waals surface area contributed by atoms with Gasteiger partial charge < -0.3 is 15.4 Å². The van der Waals surface area contributed by atoms with E-state index in [-0.39, 0.29) is 5.91 Å². The molecule has 0 bridgehead atoms. The fraction of sp³-hybridized carbons (Fsp3) is 0.353. The quantitative estimate of drug-likeness (QED) is 0.836. The fourth-order valence-corrected chi connectivity index (χ4v) is 2.45. The van der Waals surface area contributed by atoms with Crippen LogP contribution in [-0.4, -0.2) is 60.2 Å². The van der Waals surface area contributed by atoms with Gasteiger partial charge in [0.1, 0.15) is 5.82 Å². The monoisotopic (exact) mass is 327 g/mol. The Labute approximate surface area is 141 Å². The van der Waals surface area contributed by atoms with Crippen molar-refractivity contribution in [2.45, 2.75) is 0 Å². The molecule has 1 saturated heterocycles. The molecule has 7 nitrogen and oxygen atoms in total. The van der Waals surface area contributed by atoms with Gasteiger partial charge in [0.05, 0.1) is 25.1 Å². The van der Waals surface area contributed by atoms with Crippen LogP contribution in [0.15, 0.2) is 42.9 Å². The molecule has 0 spiro atoms. The van der Waals surface area contributed by atoms with Crippen LogP contribution < -0.4 is 10.6 Å². The maximum atomic E-state index is 12.0. The molecule has 24 heavy (non-hydrogen) atoms. The fourth-order valence-electron chi connectivity index (χ4n) is 2.45. The first kappa shape index (κ1) is 16.4. The van der Waals surface area contributed by atoms with Gasteiger partial charge >= 0.3 is 0 Å². The van der Waals surface area contributed by atoms with E-state index in [0.29, 0.717) is 11.3 Å². The molecule has 1 fully saturated rings. The molecular weight excluding hydrogens is 306 g/mol. The lowest BCUT2D eigenvalue weighted by Gasteiger charge is -2.26. The van der Waals surface area contributed by atoms with Crippen LogP contribution in [0, 0.1) is 0 Å². The summed E-state index contributed by atoms with van der Waals surface area (Å²) in [5, 5.41) is 6.10. The van der Waals surface area contributed by atoms with Crippen LogP contribution >= 0.6 is 0 Å². The van der Waals surface area contributed by atoms with Gasteiger partial charge in [-0.15, -0.1) is 0 Å². The number of pyridine rings is 2. The van der Waals surface area contributed by atoms with Crippen molar-refractivity contribution in [1.82, 2.24) is 14.9 Å². The summed E-state index contributed by atoms with van der Waals surface area (Å²) >= 11 is 0. The molecule has 1 amide bonds. The van der Waals surface area contributed by atoms with Gasteiger partial charge in [0.25, 0.3) is 5.91 Å². The zero-order valence-corrected chi connectivity index (χ0v) is 13.4.